The first kappa shape index (κ1) is 36.2. The third kappa shape index (κ3) is 8.27. The van der Waals surface area contributed by atoms with E-state index in [0.717, 1.165) is 50.3 Å². The number of nitrogens with zero attached hydrogens (tertiary/aromatic N) is 5. The van der Waals surface area contributed by atoms with Gasteiger partial charge in [0.1, 0.15) is 12.1 Å². The topological polar surface area (TPSA) is 141 Å². The lowest BCUT2D eigenvalue weighted by Crippen LogP contribution is -2.50. The average Bonchev–Trinajstić information content (AvgIpc) is 3.48. The molecule has 3 aromatic carbocycles. The summed E-state index contributed by atoms with van der Waals surface area (Å²) in [6.45, 7) is 7.65. The molecule has 3 N–H and O–H groups in total. The SMILES string of the molecule is CC1CC2(CCN(c3ccc(C(=O)N4CCN(CC(=O)Nc5cccc(NC6CCC(=O)NC6=O)c5)CC4)cc3)CC2)CN1c1ccc(C#N)c(Cl)c1. The Kier molecular flexibility index (Phi) is 10.6. The Labute approximate surface area is 315 Å². The van der Waals surface area contributed by atoms with Gasteiger partial charge in [-0.25, -0.2) is 0 Å². The average molecular weight is 737 g/mol. The predicted molar refractivity (Wildman–Crippen MR) is 205 cm³/mol. The first-order valence-corrected chi connectivity index (χ1v) is 18.8. The lowest BCUT2D eigenvalue weighted by molar-refractivity contribution is -0.133. The minimum absolute atomic E-state index is 0.00141. The van der Waals surface area contributed by atoms with Crippen LogP contribution in [-0.4, -0.2) is 97.9 Å². The van der Waals surface area contributed by atoms with Gasteiger partial charge in [0.25, 0.3) is 5.91 Å². The number of hydrogen-bond acceptors (Lipinski definition) is 9. The largest absolute Gasteiger partial charge is 0.374 e. The Balaban J connectivity index is 0.852. The summed E-state index contributed by atoms with van der Waals surface area (Å²) in [6, 6.07) is 22.9. The summed E-state index contributed by atoms with van der Waals surface area (Å²) in [7, 11) is 0. The third-order valence-electron chi connectivity index (χ3n) is 11.2. The number of hydrogen-bond donors (Lipinski definition) is 3. The van der Waals surface area contributed by atoms with E-state index in [1.54, 1.807) is 18.2 Å². The van der Waals surface area contributed by atoms with Crippen molar-refractivity contribution in [2.45, 2.75) is 51.1 Å². The molecule has 4 amide bonds. The number of piperidine rings is 2. The molecule has 276 valence electrons. The Morgan fingerprint density at radius 2 is 1.66 bits per heavy atom. The number of imide groups is 1. The second-order valence-electron chi connectivity index (χ2n) is 14.8. The zero-order chi connectivity index (χ0) is 37.1. The maximum atomic E-state index is 13.4. The van der Waals surface area contributed by atoms with Gasteiger partial charge in [0.15, 0.2) is 0 Å². The lowest BCUT2D eigenvalue weighted by Gasteiger charge is -2.40. The zero-order valence-corrected chi connectivity index (χ0v) is 30.7. The molecule has 0 bridgehead atoms. The first-order valence-electron chi connectivity index (χ1n) is 18.4. The van der Waals surface area contributed by atoms with Gasteiger partial charge in [-0.15, -0.1) is 0 Å². The van der Waals surface area contributed by atoms with E-state index in [0.29, 0.717) is 66.2 Å². The van der Waals surface area contributed by atoms with Gasteiger partial charge in [-0.3, -0.25) is 29.4 Å². The number of piperazine rings is 1. The summed E-state index contributed by atoms with van der Waals surface area (Å²) >= 11 is 6.36. The normalized spacial score (nSPS) is 21.6. The molecule has 7 rings (SSSR count). The van der Waals surface area contributed by atoms with Crippen LogP contribution >= 0.6 is 11.6 Å². The molecule has 1 spiro atoms. The molecular weight excluding hydrogens is 692 g/mol. The van der Waals surface area contributed by atoms with E-state index in [1.165, 1.54) is 0 Å². The van der Waals surface area contributed by atoms with E-state index >= 15 is 0 Å². The van der Waals surface area contributed by atoms with Crippen LogP contribution in [0.2, 0.25) is 5.02 Å². The molecule has 4 heterocycles. The van der Waals surface area contributed by atoms with Crippen molar-refractivity contribution in [1.29, 1.82) is 5.26 Å². The minimum atomic E-state index is -0.504. The van der Waals surface area contributed by atoms with Crippen molar-refractivity contribution >= 4 is 58.0 Å². The highest BCUT2D eigenvalue weighted by Gasteiger charge is 2.44. The molecule has 0 saturated carbocycles. The number of halogens is 1. The van der Waals surface area contributed by atoms with Gasteiger partial charge >= 0.3 is 0 Å². The smallest absolute Gasteiger partial charge is 0.253 e. The molecule has 4 fully saturated rings. The van der Waals surface area contributed by atoms with E-state index in [2.05, 4.69) is 50.9 Å². The molecule has 13 heteroatoms. The molecule has 0 aliphatic carbocycles. The fraction of sp³-hybridized carbons (Fsp3) is 0.425. The van der Waals surface area contributed by atoms with E-state index in [4.69, 9.17) is 11.6 Å². The number of anilines is 4. The molecular formula is C40H45ClN8O4. The van der Waals surface area contributed by atoms with Gasteiger partial charge in [0.05, 0.1) is 17.1 Å². The van der Waals surface area contributed by atoms with Crippen molar-refractivity contribution in [3.05, 3.63) is 82.9 Å². The standard InChI is InChI=1S/C40H45ClN8O4/c1-27-23-40(26-49(27)33-10-7-29(24-42)34(41)22-33)13-15-47(16-14-40)32-8-5-28(6-9-32)39(53)48-19-17-46(18-20-48)25-37(51)44-31-4-2-3-30(21-31)43-35-11-12-36(50)45-38(35)52/h2-10,21-22,27,35,43H,11-20,23,25-26H2,1H3,(H,44,51)(H,45,50,52). The lowest BCUT2D eigenvalue weighted by atomic mass is 9.76. The Hall–Kier alpha value is -5.12. The second kappa shape index (κ2) is 15.5. The molecule has 2 unspecified atom stereocenters. The Morgan fingerprint density at radius 1 is 0.943 bits per heavy atom. The summed E-state index contributed by atoms with van der Waals surface area (Å²) in [5.74, 6) is -0.770. The molecule has 53 heavy (non-hydrogen) atoms. The van der Waals surface area contributed by atoms with E-state index in [1.807, 2.05) is 46.2 Å². The van der Waals surface area contributed by atoms with Crippen LogP contribution in [0.25, 0.3) is 0 Å². The summed E-state index contributed by atoms with van der Waals surface area (Å²) in [5.41, 5.74) is 4.92. The van der Waals surface area contributed by atoms with E-state index in [9.17, 15) is 24.4 Å². The molecule has 4 saturated heterocycles. The molecule has 4 aliphatic heterocycles. The number of amides is 4. The molecule has 2 atom stereocenters. The summed E-state index contributed by atoms with van der Waals surface area (Å²) < 4.78 is 0. The van der Waals surface area contributed by atoms with Crippen LogP contribution in [0.4, 0.5) is 22.7 Å². The highest BCUT2D eigenvalue weighted by atomic mass is 35.5. The van der Waals surface area contributed by atoms with E-state index < -0.39 is 6.04 Å². The first-order chi connectivity index (χ1) is 25.6. The van der Waals surface area contributed by atoms with Crippen LogP contribution in [-0.2, 0) is 14.4 Å². The Morgan fingerprint density at radius 3 is 2.36 bits per heavy atom. The Bertz CT molecular complexity index is 1910. The number of carbonyl (C=O) groups is 4. The van der Waals surface area contributed by atoms with Crippen molar-refractivity contribution in [2.24, 2.45) is 5.41 Å². The summed E-state index contributed by atoms with van der Waals surface area (Å²) in [4.78, 5) is 58.6. The van der Waals surface area contributed by atoms with Crippen LogP contribution < -0.4 is 25.8 Å². The maximum absolute atomic E-state index is 13.4. The highest BCUT2D eigenvalue weighted by Crippen LogP contribution is 2.46. The predicted octanol–water partition coefficient (Wildman–Crippen LogP) is 4.71. The van der Waals surface area contributed by atoms with Crippen molar-refractivity contribution in [2.75, 3.05) is 72.8 Å². The number of nitrogens with one attached hydrogen (secondary N) is 3. The zero-order valence-electron chi connectivity index (χ0n) is 29.9. The molecule has 12 nitrogen and oxygen atoms in total. The van der Waals surface area contributed by atoms with Crippen LogP contribution in [0.3, 0.4) is 0 Å². The van der Waals surface area contributed by atoms with Crippen molar-refractivity contribution < 1.29 is 19.2 Å². The summed E-state index contributed by atoms with van der Waals surface area (Å²) in [5, 5.41) is 18.2. The van der Waals surface area contributed by atoms with E-state index in [-0.39, 0.29) is 42.0 Å². The summed E-state index contributed by atoms with van der Waals surface area (Å²) in [6.07, 6.45) is 4.01. The van der Waals surface area contributed by atoms with Gasteiger partial charge in [0.2, 0.25) is 17.7 Å². The fourth-order valence-electron chi connectivity index (χ4n) is 8.27. The quantitative estimate of drug-likeness (QED) is 0.281. The van der Waals surface area contributed by atoms with Gasteiger partial charge < -0.3 is 25.3 Å². The molecule has 3 aromatic rings. The molecule has 4 aliphatic rings. The third-order valence-corrected chi connectivity index (χ3v) is 11.5. The van der Waals surface area contributed by atoms with Crippen LogP contribution in [0.5, 0.6) is 0 Å². The maximum Gasteiger partial charge on any atom is 0.253 e. The molecule has 0 aromatic heterocycles. The van der Waals surface area contributed by atoms with Gasteiger partial charge in [0, 0.05) is 86.6 Å². The van der Waals surface area contributed by atoms with Crippen LogP contribution in [0.15, 0.2) is 66.7 Å². The monoisotopic (exact) mass is 736 g/mol. The van der Waals surface area contributed by atoms with Crippen molar-refractivity contribution in [3.8, 4) is 6.07 Å². The minimum Gasteiger partial charge on any atom is -0.374 e. The highest BCUT2D eigenvalue weighted by molar-refractivity contribution is 6.32. The van der Waals surface area contributed by atoms with Gasteiger partial charge in [-0.2, -0.15) is 5.26 Å². The second-order valence-corrected chi connectivity index (χ2v) is 15.2. The van der Waals surface area contributed by atoms with Gasteiger partial charge in [-0.1, -0.05) is 17.7 Å². The fourth-order valence-corrected chi connectivity index (χ4v) is 8.49. The molecule has 0 radical (unpaired) electrons. The number of rotatable bonds is 8. The van der Waals surface area contributed by atoms with Crippen molar-refractivity contribution in [3.63, 3.8) is 0 Å². The van der Waals surface area contributed by atoms with Crippen LogP contribution in [0, 0.1) is 16.7 Å². The number of nitriles is 1. The van der Waals surface area contributed by atoms with Crippen LogP contribution in [0.1, 0.15) is 54.9 Å². The number of benzene rings is 3. The van der Waals surface area contributed by atoms with Gasteiger partial charge in [-0.05, 0) is 98.7 Å². The number of carbonyl (C=O) groups excluding carboxylic acids is 4. The van der Waals surface area contributed by atoms with Crippen molar-refractivity contribution in [1.82, 2.24) is 15.1 Å².